The third-order valence-electron chi connectivity index (χ3n) is 3.21. The second-order valence-electron chi connectivity index (χ2n) is 5.00. The summed E-state index contributed by atoms with van der Waals surface area (Å²) >= 11 is 0. The van der Waals surface area contributed by atoms with Crippen molar-refractivity contribution in [1.29, 1.82) is 0 Å². The predicted molar refractivity (Wildman–Crippen MR) is 79.2 cm³/mol. The number of nitrogens with one attached hydrogen (secondary N) is 2. The first-order valence-electron chi connectivity index (χ1n) is 6.70. The van der Waals surface area contributed by atoms with Crippen LogP contribution < -0.4 is 10.6 Å². The van der Waals surface area contributed by atoms with E-state index >= 15 is 0 Å². The van der Waals surface area contributed by atoms with Gasteiger partial charge >= 0.3 is 0 Å². The van der Waals surface area contributed by atoms with Gasteiger partial charge in [-0.1, -0.05) is 0 Å². The number of pyridine rings is 1. The van der Waals surface area contributed by atoms with Crippen LogP contribution >= 0.6 is 0 Å². The Labute approximate surface area is 127 Å². The zero-order valence-electron chi connectivity index (χ0n) is 11.7. The summed E-state index contributed by atoms with van der Waals surface area (Å²) in [5.74, 6) is 0.303. The number of nitro groups is 1. The Balaban J connectivity index is 1.72. The number of anilines is 1. The molecule has 0 radical (unpaired) electrons. The monoisotopic (exact) mass is 328 g/mol. The van der Waals surface area contributed by atoms with Gasteiger partial charge in [0.2, 0.25) is 5.91 Å². The summed E-state index contributed by atoms with van der Waals surface area (Å²) in [6, 6.07) is 2.47. The molecule has 10 heteroatoms. The highest BCUT2D eigenvalue weighted by Gasteiger charge is 2.28. The van der Waals surface area contributed by atoms with Gasteiger partial charge in [-0.05, 0) is 12.5 Å². The lowest BCUT2D eigenvalue weighted by Gasteiger charge is -2.11. The second-order valence-corrected chi connectivity index (χ2v) is 7.23. The first kappa shape index (κ1) is 16.1. The maximum Gasteiger partial charge on any atom is 0.287 e. The molecule has 0 aromatic carbocycles. The van der Waals surface area contributed by atoms with E-state index in [9.17, 15) is 23.3 Å². The number of carbonyl (C=O) groups is 1. The SMILES string of the molecule is O=C(CCNc1ccc([N+](=O)[O-])cn1)N[C@H]1CCS(=O)(=O)C1. The van der Waals surface area contributed by atoms with Crippen LogP contribution in [-0.2, 0) is 14.6 Å². The Morgan fingerprint density at radius 3 is 2.77 bits per heavy atom. The van der Waals surface area contributed by atoms with Crippen molar-refractivity contribution in [1.82, 2.24) is 10.3 Å². The zero-order chi connectivity index (χ0) is 16.2. The topological polar surface area (TPSA) is 131 Å². The van der Waals surface area contributed by atoms with Crippen molar-refractivity contribution < 1.29 is 18.1 Å². The summed E-state index contributed by atoms with van der Waals surface area (Å²) in [6.07, 6.45) is 1.74. The minimum atomic E-state index is -3.01. The summed E-state index contributed by atoms with van der Waals surface area (Å²) in [4.78, 5) is 25.5. The highest BCUT2D eigenvalue weighted by atomic mass is 32.2. The normalized spacial score (nSPS) is 19.5. The van der Waals surface area contributed by atoms with Crippen LogP contribution in [0, 0.1) is 10.1 Å². The number of aromatic nitrogens is 1. The van der Waals surface area contributed by atoms with Gasteiger partial charge in [0.25, 0.3) is 5.69 Å². The maximum absolute atomic E-state index is 11.7. The highest BCUT2D eigenvalue weighted by molar-refractivity contribution is 7.91. The number of carbonyl (C=O) groups excluding carboxylic acids is 1. The molecule has 0 saturated carbocycles. The molecule has 2 rings (SSSR count). The van der Waals surface area contributed by atoms with Crippen LogP contribution in [0.1, 0.15) is 12.8 Å². The van der Waals surface area contributed by atoms with E-state index in [0.717, 1.165) is 6.20 Å². The average molecular weight is 328 g/mol. The van der Waals surface area contributed by atoms with E-state index in [1.54, 1.807) is 0 Å². The lowest BCUT2D eigenvalue weighted by Crippen LogP contribution is -2.36. The molecule has 1 atom stereocenters. The minimum Gasteiger partial charge on any atom is -0.370 e. The van der Waals surface area contributed by atoms with E-state index in [-0.39, 0.29) is 35.6 Å². The molecule has 0 spiro atoms. The van der Waals surface area contributed by atoms with Crippen molar-refractivity contribution in [3.05, 3.63) is 28.4 Å². The number of sulfone groups is 1. The molecule has 22 heavy (non-hydrogen) atoms. The molecule has 1 aliphatic rings. The fraction of sp³-hybridized carbons (Fsp3) is 0.500. The van der Waals surface area contributed by atoms with Crippen molar-refractivity contribution in [3.8, 4) is 0 Å². The summed E-state index contributed by atoms with van der Waals surface area (Å²) in [5, 5.41) is 16.0. The molecule has 2 N–H and O–H groups in total. The lowest BCUT2D eigenvalue weighted by molar-refractivity contribution is -0.385. The molecule has 1 fully saturated rings. The van der Waals surface area contributed by atoms with E-state index < -0.39 is 14.8 Å². The van der Waals surface area contributed by atoms with Gasteiger partial charge in [-0.15, -0.1) is 0 Å². The largest absolute Gasteiger partial charge is 0.370 e. The molecule has 1 saturated heterocycles. The van der Waals surface area contributed by atoms with E-state index in [4.69, 9.17) is 0 Å². The highest BCUT2D eigenvalue weighted by Crippen LogP contribution is 2.12. The Kier molecular flexibility index (Phi) is 4.91. The van der Waals surface area contributed by atoms with Crippen molar-refractivity contribution in [2.45, 2.75) is 18.9 Å². The fourth-order valence-electron chi connectivity index (χ4n) is 2.11. The lowest BCUT2D eigenvalue weighted by atomic mass is 10.2. The number of nitrogens with zero attached hydrogens (tertiary/aromatic N) is 2. The van der Waals surface area contributed by atoms with Gasteiger partial charge in [-0.3, -0.25) is 14.9 Å². The van der Waals surface area contributed by atoms with Crippen molar-refractivity contribution in [2.75, 3.05) is 23.4 Å². The number of hydrogen-bond acceptors (Lipinski definition) is 7. The van der Waals surface area contributed by atoms with Crippen LogP contribution in [0.3, 0.4) is 0 Å². The van der Waals surface area contributed by atoms with Crippen molar-refractivity contribution >= 4 is 27.2 Å². The molecule has 0 unspecified atom stereocenters. The van der Waals surface area contributed by atoms with Crippen LogP contribution in [-0.4, -0.2) is 48.3 Å². The first-order chi connectivity index (χ1) is 10.4. The van der Waals surface area contributed by atoms with Gasteiger partial charge in [0.15, 0.2) is 9.84 Å². The Morgan fingerprint density at radius 2 is 2.23 bits per heavy atom. The van der Waals surface area contributed by atoms with Crippen LogP contribution in [0.15, 0.2) is 18.3 Å². The third-order valence-corrected chi connectivity index (χ3v) is 4.98. The molecule has 1 amide bonds. The zero-order valence-corrected chi connectivity index (χ0v) is 12.5. The smallest absolute Gasteiger partial charge is 0.287 e. The van der Waals surface area contributed by atoms with Crippen molar-refractivity contribution in [3.63, 3.8) is 0 Å². The molecule has 0 bridgehead atoms. The summed E-state index contributed by atoms with van der Waals surface area (Å²) in [7, 11) is -3.01. The predicted octanol–water partition coefficient (Wildman–Crippen LogP) is 0.0951. The molecule has 1 aromatic rings. The maximum atomic E-state index is 11.7. The van der Waals surface area contributed by atoms with Gasteiger partial charge in [0, 0.05) is 25.1 Å². The van der Waals surface area contributed by atoms with Gasteiger partial charge in [-0.25, -0.2) is 13.4 Å². The van der Waals surface area contributed by atoms with E-state index in [2.05, 4.69) is 15.6 Å². The molecular formula is C12H16N4O5S. The molecule has 1 aromatic heterocycles. The van der Waals surface area contributed by atoms with Crippen LogP contribution in [0.5, 0.6) is 0 Å². The minimum absolute atomic E-state index is 0.00389. The Bertz CT molecular complexity index is 659. The number of amides is 1. The number of hydrogen-bond donors (Lipinski definition) is 2. The van der Waals surface area contributed by atoms with Gasteiger partial charge < -0.3 is 10.6 Å². The second kappa shape index (κ2) is 6.69. The average Bonchev–Trinajstić information content (AvgIpc) is 2.78. The van der Waals surface area contributed by atoms with E-state index in [1.807, 2.05) is 0 Å². The fourth-order valence-corrected chi connectivity index (χ4v) is 3.78. The molecule has 0 aliphatic carbocycles. The third kappa shape index (κ3) is 4.65. The number of rotatable bonds is 6. The Hall–Kier alpha value is -2.23. The van der Waals surface area contributed by atoms with E-state index in [1.165, 1.54) is 12.1 Å². The van der Waals surface area contributed by atoms with Gasteiger partial charge in [0.1, 0.15) is 12.0 Å². The van der Waals surface area contributed by atoms with Crippen LogP contribution in [0.25, 0.3) is 0 Å². The quantitative estimate of drug-likeness (QED) is 0.559. The summed E-state index contributed by atoms with van der Waals surface area (Å²) in [5.41, 5.74) is -0.106. The van der Waals surface area contributed by atoms with Crippen molar-refractivity contribution in [2.24, 2.45) is 0 Å². The summed E-state index contributed by atoms with van der Waals surface area (Å²) < 4.78 is 22.6. The summed E-state index contributed by atoms with van der Waals surface area (Å²) in [6.45, 7) is 0.302. The molecule has 1 aliphatic heterocycles. The molecule has 9 nitrogen and oxygen atoms in total. The van der Waals surface area contributed by atoms with Crippen LogP contribution in [0.4, 0.5) is 11.5 Å². The molecule has 2 heterocycles. The van der Waals surface area contributed by atoms with E-state index in [0.29, 0.717) is 18.8 Å². The van der Waals surface area contributed by atoms with Crippen LogP contribution in [0.2, 0.25) is 0 Å². The first-order valence-corrected chi connectivity index (χ1v) is 8.52. The Morgan fingerprint density at radius 1 is 1.45 bits per heavy atom. The standard InChI is InChI=1S/C12H16N4O5S/c17-12(15-9-4-6-22(20,21)8-9)3-5-13-11-2-1-10(7-14-11)16(18)19/h1-2,7,9H,3-6,8H2,(H,13,14)(H,15,17)/t9-/m0/s1. The van der Waals surface area contributed by atoms with Gasteiger partial charge in [-0.2, -0.15) is 0 Å². The van der Waals surface area contributed by atoms with Gasteiger partial charge in [0.05, 0.1) is 16.4 Å². The molecular weight excluding hydrogens is 312 g/mol. The molecule has 120 valence electrons.